The molecule has 0 aliphatic carbocycles. The topological polar surface area (TPSA) is 6.48 Å². The van der Waals surface area contributed by atoms with Gasteiger partial charge in [-0.3, -0.25) is 0 Å². The zero-order valence-corrected chi connectivity index (χ0v) is 34.9. The molecule has 10 rings (SSSR count). The van der Waals surface area contributed by atoms with Crippen LogP contribution >= 0.6 is 0 Å². The maximum absolute atomic E-state index is 2.54. The third-order valence-corrected chi connectivity index (χ3v) is 12.4. The van der Waals surface area contributed by atoms with Crippen molar-refractivity contribution in [2.45, 2.75) is 52.4 Å². The summed E-state index contributed by atoms with van der Waals surface area (Å²) in [5, 5.41) is 0. The Labute approximate surface area is 350 Å². The van der Waals surface area contributed by atoms with Crippen molar-refractivity contribution in [1.29, 1.82) is 0 Å². The van der Waals surface area contributed by atoms with Gasteiger partial charge >= 0.3 is 0 Å². The molecule has 0 unspecified atom stereocenters. The van der Waals surface area contributed by atoms with Crippen molar-refractivity contribution in [3.63, 3.8) is 0 Å². The summed E-state index contributed by atoms with van der Waals surface area (Å²) in [5.41, 5.74) is 21.0. The Hall–Kier alpha value is -6.58. The lowest BCUT2D eigenvalue weighted by Gasteiger charge is -2.45. The molecule has 3 heteroatoms. The number of nitrogens with zero attached hydrogens (tertiary/aromatic N) is 2. The molecule has 0 radical (unpaired) electrons. The van der Waals surface area contributed by atoms with Crippen molar-refractivity contribution in [2.75, 3.05) is 9.80 Å². The van der Waals surface area contributed by atoms with Gasteiger partial charge in [0, 0.05) is 34.1 Å². The van der Waals surface area contributed by atoms with Gasteiger partial charge in [-0.25, -0.2) is 0 Å². The first-order valence-electron chi connectivity index (χ1n) is 21.0. The third kappa shape index (κ3) is 6.46. The van der Waals surface area contributed by atoms with Gasteiger partial charge in [-0.15, -0.1) is 0 Å². The Bertz CT molecular complexity index is 2640. The first-order chi connectivity index (χ1) is 28.5. The summed E-state index contributed by atoms with van der Waals surface area (Å²) >= 11 is 0. The van der Waals surface area contributed by atoms with Crippen LogP contribution in [-0.2, 0) is 10.8 Å². The summed E-state index contributed by atoms with van der Waals surface area (Å²) in [4.78, 5) is 5.08. The van der Waals surface area contributed by atoms with Gasteiger partial charge in [0.25, 0.3) is 6.71 Å². The minimum absolute atomic E-state index is 0.0136. The highest BCUT2D eigenvalue weighted by Crippen LogP contribution is 2.47. The molecule has 0 fully saturated rings. The van der Waals surface area contributed by atoms with E-state index in [1.807, 2.05) is 0 Å². The first kappa shape index (κ1) is 36.7. The molecule has 0 saturated heterocycles. The van der Waals surface area contributed by atoms with Gasteiger partial charge in [-0.05, 0) is 120 Å². The monoisotopic (exact) mass is 760 g/mol. The minimum atomic E-state index is 0.0136. The second-order valence-electron chi connectivity index (χ2n) is 18.3. The van der Waals surface area contributed by atoms with E-state index in [0.29, 0.717) is 0 Å². The van der Waals surface area contributed by atoms with E-state index in [-0.39, 0.29) is 17.5 Å². The van der Waals surface area contributed by atoms with E-state index in [1.54, 1.807) is 0 Å². The molecule has 0 atom stereocenters. The average molecular weight is 761 g/mol. The van der Waals surface area contributed by atoms with Crippen LogP contribution in [0.4, 0.5) is 34.1 Å². The van der Waals surface area contributed by atoms with E-state index in [1.165, 1.54) is 83.6 Å². The highest BCUT2D eigenvalue weighted by molar-refractivity contribution is 7.00. The van der Waals surface area contributed by atoms with Crippen LogP contribution in [0.2, 0.25) is 0 Å². The zero-order valence-electron chi connectivity index (χ0n) is 34.9. The Balaban J connectivity index is 1.30. The fraction of sp³-hybridized carbons (Fsp3) is 0.143. The Morgan fingerprint density at radius 2 is 0.661 bits per heavy atom. The number of hydrogen-bond acceptors (Lipinski definition) is 2. The van der Waals surface area contributed by atoms with Crippen LogP contribution in [0.3, 0.4) is 0 Å². The van der Waals surface area contributed by atoms with Crippen molar-refractivity contribution in [1.82, 2.24) is 0 Å². The molecule has 8 aromatic rings. The fourth-order valence-corrected chi connectivity index (χ4v) is 9.18. The van der Waals surface area contributed by atoms with Gasteiger partial charge in [0.1, 0.15) is 0 Å². The number of rotatable bonds is 5. The second-order valence-corrected chi connectivity index (χ2v) is 18.3. The molecule has 2 aliphatic rings. The predicted octanol–water partition coefficient (Wildman–Crippen LogP) is 13.4. The lowest BCUT2D eigenvalue weighted by atomic mass is 9.33. The molecule has 2 nitrogen and oxygen atoms in total. The van der Waals surface area contributed by atoms with Gasteiger partial charge in [-0.2, -0.15) is 0 Å². The average Bonchev–Trinajstić information content (AvgIpc) is 3.26. The van der Waals surface area contributed by atoms with Crippen LogP contribution in [0.1, 0.15) is 52.7 Å². The number of fused-ring (bicyclic) bond motifs is 4. The number of anilines is 6. The SMILES string of the molecule is CC(C)(C)c1ccc(N2c3cc(-c4ccccc4)ccc3B3c4ccc(-c5ccccc5)cc4N(c4ccc(C(C)(C)C)cc4)c4cc(-c5ccccc5)cc2c43)cc1. The molecular formula is C56H49BN2. The van der Waals surface area contributed by atoms with Gasteiger partial charge in [0.2, 0.25) is 0 Å². The lowest BCUT2D eigenvalue weighted by molar-refractivity contribution is 0.590. The van der Waals surface area contributed by atoms with E-state index in [4.69, 9.17) is 0 Å². The van der Waals surface area contributed by atoms with Gasteiger partial charge < -0.3 is 9.80 Å². The molecule has 0 aromatic heterocycles. The predicted molar refractivity (Wildman–Crippen MR) is 254 cm³/mol. The van der Waals surface area contributed by atoms with Crippen molar-refractivity contribution in [3.05, 3.63) is 199 Å². The van der Waals surface area contributed by atoms with Crippen LogP contribution in [0.5, 0.6) is 0 Å². The van der Waals surface area contributed by atoms with Crippen LogP contribution in [0.15, 0.2) is 188 Å². The standard InChI is InChI=1S/C56H49BN2/c1-55(2,3)44-24-28-46(29-25-44)58-50-34-41(38-16-10-7-11-17-38)22-32-48(50)57-49-33-23-42(39-18-12-8-13-19-39)35-51(49)59(47-30-26-45(27-31-47)56(4,5)6)53-37-43(36-52(58)54(53)57)40-20-14-9-15-21-40/h7-37H,1-6H3. The Morgan fingerprint density at radius 1 is 0.322 bits per heavy atom. The highest BCUT2D eigenvalue weighted by Gasteiger charge is 2.44. The number of benzene rings is 8. The van der Waals surface area contributed by atoms with E-state index < -0.39 is 0 Å². The minimum Gasteiger partial charge on any atom is -0.311 e. The zero-order chi connectivity index (χ0) is 40.5. The summed E-state index contributed by atoms with van der Waals surface area (Å²) in [6, 6.07) is 70.3. The summed E-state index contributed by atoms with van der Waals surface area (Å²) in [7, 11) is 0. The van der Waals surface area contributed by atoms with Gasteiger partial charge in [-0.1, -0.05) is 181 Å². The Kier molecular flexibility index (Phi) is 8.76. The van der Waals surface area contributed by atoms with Crippen molar-refractivity contribution < 1.29 is 0 Å². The van der Waals surface area contributed by atoms with Crippen LogP contribution in [0, 0.1) is 0 Å². The maximum Gasteiger partial charge on any atom is 0.252 e. The van der Waals surface area contributed by atoms with E-state index >= 15 is 0 Å². The molecule has 0 N–H and O–H groups in total. The molecule has 8 aromatic carbocycles. The first-order valence-corrected chi connectivity index (χ1v) is 21.0. The molecule has 59 heavy (non-hydrogen) atoms. The molecule has 0 saturated carbocycles. The quantitative estimate of drug-likeness (QED) is 0.161. The third-order valence-electron chi connectivity index (χ3n) is 12.4. The summed E-state index contributed by atoms with van der Waals surface area (Å²) in [6.07, 6.45) is 0. The lowest BCUT2D eigenvalue weighted by Crippen LogP contribution is -2.61. The van der Waals surface area contributed by atoms with Crippen LogP contribution < -0.4 is 26.2 Å². The van der Waals surface area contributed by atoms with E-state index in [2.05, 4.69) is 239 Å². The largest absolute Gasteiger partial charge is 0.311 e. The second kappa shape index (κ2) is 14.1. The molecule has 2 aliphatic heterocycles. The number of hydrogen-bond donors (Lipinski definition) is 0. The molecule has 286 valence electrons. The highest BCUT2D eigenvalue weighted by atomic mass is 15.2. The molecule has 0 bridgehead atoms. The van der Waals surface area contributed by atoms with Gasteiger partial charge in [0.15, 0.2) is 0 Å². The van der Waals surface area contributed by atoms with Crippen LogP contribution in [-0.4, -0.2) is 6.71 Å². The molecular weight excluding hydrogens is 711 g/mol. The Morgan fingerprint density at radius 3 is 1.02 bits per heavy atom. The smallest absolute Gasteiger partial charge is 0.252 e. The fourth-order valence-electron chi connectivity index (χ4n) is 9.18. The van der Waals surface area contributed by atoms with E-state index in [9.17, 15) is 0 Å². The molecule has 0 spiro atoms. The van der Waals surface area contributed by atoms with Crippen molar-refractivity contribution >= 4 is 57.2 Å². The van der Waals surface area contributed by atoms with Crippen molar-refractivity contribution in [2.24, 2.45) is 0 Å². The maximum atomic E-state index is 2.54. The van der Waals surface area contributed by atoms with Crippen LogP contribution in [0.25, 0.3) is 33.4 Å². The normalized spacial score (nSPS) is 13.2. The summed E-state index contributed by atoms with van der Waals surface area (Å²) in [6.45, 7) is 13.8. The molecule has 0 amide bonds. The van der Waals surface area contributed by atoms with Gasteiger partial charge in [0.05, 0.1) is 0 Å². The molecule has 2 heterocycles. The summed E-state index contributed by atoms with van der Waals surface area (Å²) < 4.78 is 0. The van der Waals surface area contributed by atoms with E-state index in [0.717, 1.165) is 11.4 Å². The summed E-state index contributed by atoms with van der Waals surface area (Å²) in [5.74, 6) is 0. The van der Waals surface area contributed by atoms with Crippen molar-refractivity contribution in [3.8, 4) is 33.4 Å².